The van der Waals surface area contributed by atoms with E-state index in [1.807, 2.05) is 0 Å². The van der Waals surface area contributed by atoms with Crippen LogP contribution < -0.4 is 0 Å². The van der Waals surface area contributed by atoms with E-state index in [1.54, 1.807) is 0 Å². The Balaban J connectivity index is 1.99. The van der Waals surface area contributed by atoms with E-state index >= 15 is 0 Å². The molecule has 0 bridgehead atoms. The van der Waals surface area contributed by atoms with Gasteiger partial charge in [-0.25, -0.2) is 13.4 Å². The number of nitrogens with zero attached hydrogens (tertiary/aromatic N) is 2. The Morgan fingerprint density at radius 2 is 2.18 bits per heavy atom. The molecule has 2 fully saturated rings. The van der Waals surface area contributed by atoms with Crippen molar-refractivity contribution in [2.75, 3.05) is 18.8 Å². The maximum atomic E-state index is 13.6. The molecular weight excluding hydrogens is 325 g/mol. The Hall–Kier alpha value is -1.58. The van der Waals surface area contributed by atoms with E-state index in [-0.39, 0.29) is 24.3 Å². The number of halogens is 3. The van der Waals surface area contributed by atoms with Crippen LogP contribution in [0.2, 0.25) is 0 Å². The molecule has 1 aromatic heterocycles. The van der Waals surface area contributed by atoms with Crippen LogP contribution in [0.4, 0.5) is 13.2 Å². The average Bonchev–Trinajstić information content (AvgIpc) is 3.05. The van der Waals surface area contributed by atoms with Crippen LogP contribution in [0.1, 0.15) is 23.3 Å². The molecule has 1 amide bonds. The van der Waals surface area contributed by atoms with E-state index in [0.717, 1.165) is 17.6 Å². The number of fused-ring (bicyclic) bond motifs is 1. The first kappa shape index (κ1) is 15.3. The number of aromatic nitrogens is 1. The highest BCUT2D eigenvalue weighted by atomic mass is 32.2. The van der Waals surface area contributed by atoms with Gasteiger partial charge in [-0.15, -0.1) is 0 Å². The minimum absolute atomic E-state index is 0.0513. The first-order chi connectivity index (χ1) is 10.2. The molecule has 3 rings (SSSR count). The van der Waals surface area contributed by atoms with Crippen molar-refractivity contribution in [3.8, 4) is 0 Å². The number of alkyl halides is 3. The molecular formula is C12H13F3N2O4S. The number of carbonyl (C=O) groups is 1. The standard InChI is InChI=1S/C12H13F3N2O4S/c13-12(14,15)11-2-1-3-22(19,20)9(11)4-17(6-11)10(18)8-5-21-7-16-8/h5,7,9H,1-4,6H2/t9-,11-/m1/s1. The van der Waals surface area contributed by atoms with Gasteiger partial charge in [0.2, 0.25) is 0 Å². The van der Waals surface area contributed by atoms with Crippen LogP contribution in [0.15, 0.2) is 17.1 Å². The third-order valence-electron chi connectivity index (χ3n) is 4.46. The third kappa shape index (κ3) is 2.11. The largest absolute Gasteiger partial charge is 0.451 e. The van der Waals surface area contributed by atoms with Gasteiger partial charge >= 0.3 is 6.18 Å². The average molecular weight is 338 g/mol. The van der Waals surface area contributed by atoms with Crippen molar-refractivity contribution >= 4 is 15.7 Å². The van der Waals surface area contributed by atoms with E-state index in [0.29, 0.717) is 0 Å². The molecule has 0 saturated carbocycles. The van der Waals surface area contributed by atoms with Crippen molar-refractivity contribution in [3.63, 3.8) is 0 Å². The number of rotatable bonds is 1. The fourth-order valence-electron chi connectivity index (χ4n) is 3.36. The molecule has 0 N–H and O–H groups in total. The maximum Gasteiger partial charge on any atom is 0.397 e. The maximum absolute atomic E-state index is 13.6. The van der Waals surface area contributed by atoms with Gasteiger partial charge < -0.3 is 9.32 Å². The van der Waals surface area contributed by atoms with E-state index < -0.39 is 45.7 Å². The van der Waals surface area contributed by atoms with E-state index in [9.17, 15) is 26.4 Å². The van der Waals surface area contributed by atoms with Crippen LogP contribution >= 0.6 is 0 Å². The van der Waals surface area contributed by atoms with Crippen LogP contribution in [0.3, 0.4) is 0 Å². The third-order valence-corrected chi connectivity index (χ3v) is 6.79. The molecule has 0 aromatic carbocycles. The van der Waals surface area contributed by atoms with Crippen LogP contribution in [0.25, 0.3) is 0 Å². The van der Waals surface area contributed by atoms with Crippen molar-refractivity contribution in [2.24, 2.45) is 5.41 Å². The topological polar surface area (TPSA) is 80.5 Å². The number of likely N-dealkylation sites (tertiary alicyclic amines) is 1. The summed E-state index contributed by atoms with van der Waals surface area (Å²) in [7, 11) is -3.89. The van der Waals surface area contributed by atoms with Crippen molar-refractivity contribution in [3.05, 3.63) is 18.4 Å². The van der Waals surface area contributed by atoms with Gasteiger partial charge in [0.05, 0.1) is 11.0 Å². The second-order valence-electron chi connectivity index (χ2n) is 5.67. The summed E-state index contributed by atoms with van der Waals surface area (Å²) in [4.78, 5) is 16.7. The fourth-order valence-corrected chi connectivity index (χ4v) is 5.61. The summed E-state index contributed by atoms with van der Waals surface area (Å²) < 4.78 is 69.6. The van der Waals surface area contributed by atoms with Crippen molar-refractivity contribution < 1.29 is 30.8 Å². The van der Waals surface area contributed by atoms with Gasteiger partial charge in [0, 0.05) is 13.1 Å². The molecule has 2 aliphatic heterocycles. The normalized spacial score (nSPS) is 31.0. The predicted molar refractivity (Wildman–Crippen MR) is 67.7 cm³/mol. The van der Waals surface area contributed by atoms with Gasteiger partial charge in [0.15, 0.2) is 21.9 Å². The molecule has 22 heavy (non-hydrogen) atoms. The first-order valence-electron chi connectivity index (χ1n) is 6.63. The summed E-state index contributed by atoms with van der Waals surface area (Å²) in [6.07, 6.45) is -3.01. The lowest BCUT2D eigenvalue weighted by atomic mass is 9.81. The lowest BCUT2D eigenvalue weighted by Gasteiger charge is -2.39. The summed E-state index contributed by atoms with van der Waals surface area (Å²) in [6.45, 7) is -1.13. The molecule has 1 aromatic rings. The Morgan fingerprint density at radius 3 is 2.73 bits per heavy atom. The van der Waals surface area contributed by atoms with Gasteiger partial charge in [0.25, 0.3) is 5.91 Å². The Labute approximate surface area is 124 Å². The summed E-state index contributed by atoms with van der Waals surface area (Å²) in [5.74, 6) is -1.02. The van der Waals surface area contributed by atoms with Crippen LogP contribution in [-0.2, 0) is 9.84 Å². The predicted octanol–water partition coefficient (Wildman–Crippen LogP) is 1.26. The van der Waals surface area contributed by atoms with Gasteiger partial charge in [-0.05, 0) is 12.8 Å². The highest BCUT2D eigenvalue weighted by Gasteiger charge is 2.68. The summed E-state index contributed by atoms with van der Waals surface area (Å²) >= 11 is 0. The summed E-state index contributed by atoms with van der Waals surface area (Å²) in [6, 6.07) is 0. The van der Waals surface area contributed by atoms with Crippen LogP contribution in [0, 0.1) is 5.41 Å². The molecule has 2 aliphatic rings. The second-order valence-corrected chi connectivity index (χ2v) is 7.98. The molecule has 2 saturated heterocycles. The smallest absolute Gasteiger partial charge is 0.397 e. The number of oxazole rings is 1. The Bertz CT molecular complexity index is 686. The monoisotopic (exact) mass is 338 g/mol. The fraction of sp³-hybridized carbons (Fsp3) is 0.667. The van der Waals surface area contributed by atoms with E-state index in [2.05, 4.69) is 9.40 Å². The zero-order valence-electron chi connectivity index (χ0n) is 11.3. The summed E-state index contributed by atoms with van der Waals surface area (Å²) in [5, 5.41) is -1.61. The molecule has 10 heteroatoms. The van der Waals surface area contributed by atoms with Gasteiger partial charge in [-0.3, -0.25) is 4.79 Å². The molecule has 3 heterocycles. The number of hydrogen-bond donors (Lipinski definition) is 0. The molecule has 0 aliphatic carbocycles. The lowest BCUT2D eigenvalue weighted by molar-refractivity contribution is -0.220. The first-order valence-corrected chi connectivity index (χ1v) is 8.35. The minimum atomic E-state index is -4.69. The lowest BCUT2D eigenvalue weighted by Crippen LogP contribution is -2.53. The minimum Gasteiger partial charge on any atom is -0.451 e. The van der Waals surface area contributed by atoms with Crippen LogP contribution in [-0.4, -0.2) is 54.5 Å². The Kier molecular flexibility index (Phi) is 3.28. The van der Waals surface area contributed by atoms with Crippen molar-refractivity contribution in [1.29, 1.82) is 0 Å². The highest BCUT2D eigenvalue weighted by Crippen LogP contribution is 2.53. The van der Waals surface area contributed by atoms with Gasteiger partial charge in [-0.1, -0.05) is 0 Å². The Morgan fingerprint density at radius 1 is 1.45 bits per heavy atom. The molecule has 0 unspecified atom stereocenters. The van der Waals surface area contributed by atoms with Crippen molar-refractivity contribution in [2.45, 2.75) is 24.3 Å². The van der Waals surface area contributed by atoms with E-state index in [1.165, 1.54) is 0 Å². The second kappa shape index (κ2) is 4.71. The molecule has 122 valence electrons. The quantitative estimate of drug-likeness (QED) is 0.770. The van der Waals surface area contributed by atoms with E-state index in [4.69, 9.17) is 0 Å². The number of sulfone groups is 1. The van der Waals surface area contributed by atoms with Crippen molar-refractivity contribution in [1.82, 2.24) is 9.88 Å². The molecule has 0 radical (unpaired) electrons. The number of amides is 1. The number of carbonyl (C=O) groups excluding carboxylic acids is 1. The molecule has 0 spiro atoms. The summed E-state index contributed by atoms with van der Waals surface area (Å²) in [5.41, 5.74) is -2.52. The highest BCUT2D eigenvalue weighted by molar-refractivity contribution is 7.92. The zero-order chi connectivity index (χ0) is 16.2. The zero-order valence-corrected chi connectivity index (χ0v) is 12.2. The SMILES string of the molecule is O=C(c1cocn1)N1C[C@@H]2[C@@](C(F)(F)F)(CCCS2(=O)=O)C1. The molecule has 6 nitrogen and oxygen atoms in total. The van der Waals surface area contributed by atoms with Crippen LogP contribution in [0.5, 0.6) is 0 Å². The van der Waals surface area contributed by atoms with Gasteiger partial charge in [0.1, 0.15) is 11.7 Å². The molecule has 2 atom stereocenters. The number of hydrogen-bond acceptors (Lipinski definition) is 5. The van der Waals surface area contributed by atoms with Gasteiger partial charge in [-0.2, -0.15) is 13.2 Å².